The number of aryl methyl sites for hydroxylation is 1. The molecule has 0 aliphatic carbocycles. The van der Waals surface area contributed by atoms with Gasteiger partial charge >= 0.3 is 0 Å². The van der Waals surface area contributed by atoms with Crippen LogP contribution in [0.2, 0.25) is 0 Å². The number of aromatic nitrogens is 2. The summed E-state index contributed by atoms with van der Waals surface area (Å²) in [5.41, 5.74) is 2.16. The van der Waals surface area contributed by atoms with E-state index in [1.165, 1.54) is 4.90 Å². The Morgan fingerprint density at radius 3 is 2.52 bits per heavy atom. The van der Waals surface area contributed by atoms with Gasteiger partial charge in [0.15, 0.2) is 5.96 Å². The number of nitrogens with one attached hydrogen (secondary N) is 2. The summed E-state index contributed by atoms with van der Waals surface area (Å²) in [6.07, 6.45) is 0. The van der Waals surface area contributed by atoms with Gasteiger partial charge in [0.1, 0.15) is 5.82 Å². The van der Waals surface area contributed by atoms with Crippen LogP contribution in [0.4, 0.5) is 0 Å². The van der Waals surface area contributed by atoms with Crippen LogP contribution in [0.3, 0.4) is 0 Å². The molecule has 0 radical (unpaired) electrons. The van der Waals surface area contributed by atoms with Gasteiger partial charge in [-0.15, -0.1) is 35.7 Å². The molecular formula is C20H26IN5S. The maximum absolute atomic E-state index is 4.68. The van der Waals surface area contributed by atoms with Crippen molar-refractivity contribution in [2.75, 3.05) is 13.6 Å². The molecule has 0 amide bonds. The summed E-state index contributed by atoms with van der Waals surface area (Å²) in [4.78, 5) is 10.3. The van der Waals surface area contributed by atoms with Crippen molar-refractivity contribution in [2.45, 2.75) is 23.6 Å². The number of imidazole rings is 1. The molecule has 0 spiro atoms. The van der Waals surface area contributed by atoms with Crippen molar-refractivity contribution in [3.8, 4) is 0 Å². The van der Waals surface area contributed by atoms with E-state index in [0.29, 0.717) is 11.8 Å². The fraction of sp³-hybridized carbons (Fsp3) is 0.300. The third-order valence-electron chi connectivity index (χ3n) is 4.15. The minimum absolute atomic E-state index is 0. The highest BCUT2D eigenvalue weighted by Crippen LogP contribution is 2.21. The highest BCUT2D eigenvalue weighted by atomic mass is 127. The number of benzene rings is 2. The summed E-state index contributed by atoms with van der Waals surface area (Å²) < 4.78 is 2.11. The highest BCUT2D eigenvalue weighted by molar-refractivity contribution is 14.0. The van der Waals surface area contributed by atoms with Gasteiger partial charge in [-0.25, -0.2) is 4.98 Å². The normalized spacial score (nSPS) is 12.5. The number of hydrogen-bond donors (Lipinski definition) is 2. The van der Waals surface area contributed by atoms with E-state index in [-0.39, 0.29) is 24.0 Å². The van der Waals surface area contributed by atoms with Crippen LogP contribution in [0.5, 0.6) is 0 Å². The Morgan fingerprint density at radius 1 is 1.11 bits per heavy atom. The fourth-order valence-corrected chi connectivity index (χ4v) is 3.70. The minimum Gasteiger partial charge on any atom is -0.355 e. The van der Waals surface area contributed by atoms with Gasteiger partial charge in [-0.1, -0.05) is 37.3 Å². The summed E-state index contributed by atoms with van der Waals surface area (Å²) in [6.45, 7) is 3.68. The average Bonchev–Trinajstić information content (AvgIpc) is 2.99. The van der Waals surface area contributed by atoms with Crippen LogP contribution in [0.25, 0.3) is 11.0 Å². The molecule has 1 atom stereocenters. The van der Waals surface area contributed by atoms with Gasteiger partial charge in [0.05, 0.1) is 17.6 Å². The molecule has 3 rings (SSSR count). The monoisotopic (exact) mass is 495 g/mol. The van der Waals surface area contributed by atoms with E-state index in [2.05, 4.69) is 62.4 Å². The molecule has 0 aliphatic heterocycles. The summed E-state index contributed by atoms with van der Waals surface area (Å²) >= 11 is 1.85. The first-order valence-corrected chi connectivity index (χ1v) is 9.62. The summed E-state index contributed by atoms with van der Waals surface area (Å²) in [5, 5.41) is 7.18. The molecule has 0 bridgehead atoms. The second-order valence-corrected chi connectivity index (χ2v) is 7.64. The molecule has 1 unspecified atom stereocenters. The Bertz CT molecular complexity index is 878. The predicted molar refractivity (Wildman–Crippen MR) is 126 cm³/mol. The van der Waals surface area contributed by atoms with E-state index in [9.17, 15) is 0 Å². The number of thioether (sulfide) groups is 1. The van der Waals surface area contributed by atoms with Crippen molar-refractivity contribution in [2.24, 2.45) is 12.0 Å². The van der Waals surface area contributed by atoms with Gasteiger partial charge in [-0.05, 0) is 24.3 Å². The van der Waals surface area contributed by atoms with Gasteiger partial charge in [-0.3, -0.25) is 4.99 Å². The van der Waals surface area contributed by atoms with Crippen LogP contribution in [-0.4, -0.2) is 34.4 Å². The van der Waals surface area contributed by atoms with Crippen molar-refractivity contribution in [1.29, 1.82) is 0 Å². The molecular weight excluding hydrogens is 469 g/mol. The van der Waals surface area contributed by atoms with Gasteiger partial charge in [-0.2, -0.15) is 0 Å². The molecule has 2 N–H and O–H groups in total. The van der Waals surface area contributed by atoms with Crippen molar-refractivity contribution in [1.82, 2.24) is 20.2 Å². The van der Waals surface area contributed by atoms with E-state index in [0.717, 1.165) is 29.4 Å². The third kappa shape index (κ3) is 5.87. The zero-order chi connectivity index (χ0) is 18.4. The Labute approximate surface area is 182 Å². The second-order valence-electron chi connectivity index (χ2n) is 6.12. The smallest absolute Gasteiger partial charge is 0.191 e. The number of guanidine groups is 1. The number of halogens is 1. The molecule has 2 aromatic carbocycles. The number of nitrogens with zero attached hydrogens (tertiary/aromatic N) is 3. The van der Waals surface area contributed by atoms with Crippen LogP contribution in [0.15, 0.2) is 64.5 Å². The molecule has 5 nitrogen and oxygen atoms in total. The summed E-state index contributed by atoms with van der Waals surface area (Å²) in [5.74, 6) is 1.78. The zero-order valence-electron chi connectivity index (χ0n) is 15.8. The van der Waals surface area contributed by atoms with Crippen molar-refractivity contribution in [3.63, 3.8) is 0 Å². The Balaban J connectivity index is 0.00000261. The van der Waals surface area contributed by atoms with Crippen LogP contribution in [0.1, 0.15) is 12.7 Å². The first-order chi connectivity index (χ1) is 12.7. The topological polar surface area (TPSA) is 54.2 Å². The third-order valence-corrected chi connectivity index (χ3v) is 5.27. The van der Waals surface area contributed by atoms with E-state index in [4.69, 9.17) is 0 Å². The van der Waals surface area contributed by atoms with Crippen LogP contribution in [0, 0.1) is 0 Å². The molecule has 0 saturated heterocycles. The lowest BCUT2D eigenvalue weighted by Crippen LogP contribution is -2.40. The minimum atomic E-state index is 0. The lowest BCUT2D eigenvalue weighted by Gasteiger charge is -2.16. The molecule has 1 heterocycles. The first kappa shape index (κ1) is 21.6. The maximum Gasteiger partial charge on any atom is 0.191 e. The van der Waals surface area contributed by atoms with Gasteiger partial charge in [0, 0.05) is 30.8 Å². The summed E-state index contributed by atoms with van der Waals surface area (Å²) in [7, 11) is 3.83. The van der Waals surface area contributed by atoms with Gasteiger partial charge in [0.25, 0.3) is 0 Å². The SMILES string of the molecule is CN=C(NCc1nc2ccccc2n1C)NCC(C)Sc1ccccc1.I. The average molecular weight is 495 g/mol. The largest absolute Gasteiger partial charge is 0.355 e. The number of fused-ring (bicyclic) bond motifs is 1. The fourth-order valence-electron chi connectivity index (χ4n) is 2.75. The van der Waals surface area contributed by atoms with Gasteiger partial charge in [0.2, 0.25) is 0 Å². The molecule has 1 aromatic heterocycles. The Hall–Kier alpha value is -1.74. The quantitative estimate of drug-likeness (QED) is 0.235. The van der Waals surface area contributed by atoms with Crippen LogP contribution >= 0.6 is 35.7 Å². The maximum atomic E-state index is 4.68. The van der Waals surface area contributed by atoms with Gasteiger partial charge < -0.3 is 15.2 Å². The lowest BCUT2D eigenvalue weighted by molar-refractivity contribution is 0.733. The molecule has 3 aromatic rings. The zero-order valence-corrected chi connectivity index (χ0v) is 19.0. The van der Waals surface area contributed by atoms with Crippen LogP contribution < -0.4 is 10.6 Å². The lowest BCUT2D eigenvalue weighted by atomic mass is 10.3. The number of aliphatic imine (C=N–C) groups is 1. The van der Waals surface area contributed by atoms with Crippen LogP contribution in [-0.2, 0) is 13.6 Å². The molecule has 0 aliphatic rings. The van der Waals surface area contributed by atoms with E-state index < -0.39 is 0 Å². The Morgan fingerprint density at radius 2 is 1.81 bits per heavy atom. The van der Waals surface area contributed by atoms with E-state index in [1.54, 1.807) is 7.05 Å². The number of para-hydroxylation sites is 2. The molecule has 0 saturated carbocycles. The van der Waals surface area contributed by atoms with Crippen molar-refractivity contribution < 1.29 is 0 Å². The number of rotatable bonds is 6. The van der Waals surface area contributed by atoms with E-state index in [1.807, 2.05) is 43.1 Å². The predicted octanol–water partition coefficient (Wildman–Crippen LogP) is 4.04. The highest BCUT2D eigenvalue weighted by Gasteiger charge is 2.09. The summed E-state index contributed by atoms with van der Waals surface area (Å²) in [6, 6.07) is 18.6. The van der Waals surface area contributed by atoms with Crippen molar-refractivity contribution in [3.05, 3.63) is 60.4 Å². The molecule has 0 fully saturated rings. The standard InChI is InChI=1S/C20H25N5S.HI/c1-15(26-16-9-5-4-6-10-16)13-22-20(21-2)23-14-19-24-17-11-7-8-12-18(17)25(19)3;/h4-12,15H,13-14H2,1-3H3,(H2,21,22,23);1H. The first-order valence-electron chi connectivity index (χ1n) is 8.74. The molecule has 27 heavy (non-hydrogen) atoms. The number of hydrogen-bond acceptors (Lipinski definition) is 3. The second kappa shape index (κ2) is 10.6. The van der Waals surface area contributed by atoms with Crippen molar-refractivity contribution >= 4 is 52.7 Å². The molecule has 7 heteroatoms. The Kier molecular flexibility index (Phi) is 8.43. The molecule has 144 valence electrons. The van der Waals surface area contributed by atoms with E-state index >= 15 is 0 Å².